The van der Waals surface area contributed by atoms with Crippen LogP contribution in [0.3, 0.4) is 0 Å². The Morgan fingerprint density at radius 1 is 1.03 bits per heavy atom. The molecule has 0 bridgehead atoms. The van der Waals surface area contributed by atoms with E-state index in [4.69, 9.17) is 28.2 Å². The zero-order chi connectivity index (χ0) is 44.5. The molecule has 330 valence electrons. The zero-order valence-corrected chi connectivity index (χ0v) is 35.6. The number of ketones is 2. The molecule has 0 spiro atoms. The SMILES string of the molecule is CC[C@@H]1OC(=O)[C@H](C)C(=O)[C@H](C)[C@@H](O[C@@H]2O[C@H](C)C[C@H](N(C)C)[C@H]2O)[C@@](C)(OCC#Cc2cc(-c3cccc(C(F)(F)F)c3)no2)C[C@@H](C)C(=O)[C@@H](C)[C@H]2NC(=O)O[C@]12C. The summed E-state index contributed by atoms with van der Waals surface area (Å²) in [6.45, 7) is 12.8. The molecule has 2 N–H and O–H groups in total. The fourth-order valence-corrected chi connectivity index (χ4v) is 8.78. The van der Waals surface area contributed by atoms with Crippen LogP contribution in [0, 0.1) is 35.5 Å². The van der Waals surface area contributed by atoms with Crippen molar-refractivity contribution in [1.82, 2.24) is 15.4 Å². The highest BCUT2D eigenvalue weighted by Gasteiger charge is 2.57. The molecule has 13 atom stereocenters. The predicted octanol–water partition coefficient (Wildman–Crippen LogP) is 5.57. The number of amides is 1. The summed E-state index contributed by atoms with van der Waals surface area (Å²) in [5.41, 5.74) is -3.57. The number of aliphatic hydroxyl groups excluding tert-OH is 1. The molecule has 0 unspecified atom stereocenters. The average Bonchev–Trinajstić information content (AvgIpc) is 3.79. The summed E-state index contributed by atoms with van der Waals surface area (Å²) in [6, 6.07) is 4.70. The largest absolute Gasteiger partial charge is 0.458 e. The van der Waals surface area contributed by atoms with Crippen LogP contribution in [0.5, 0.6) is 0 Å². The van der Waals surface area contributed by atoms with Crippen molar-refractivity contribution >= 4 is 23.6 Å². The molecule has 14 nitrogen and oxygen atoms in total. The third-order valence-electron chi connectivity index (χ3n) is 12.1. The minimum Gasteiger partial charge on any atom is -0.458 e. The van der Waals surface area contributed by atoms with Gasteiger partial charge in [0, 0.05) is 35.4 Å². The number of fused-ring (bicyclic) bond motifs is 1. The monoisotopic (exact) mass is 847 g/mol. The van der Waals surface area contributed by atoms with Crippen molar-refractivity contribution in [2.24, 2.45) is 23.7 Å². The molecule has 0 aliphatic carbocycles. The van der Waals surface area contributed by atoms with Gasteiger partial charge in [0.1, 0.15) is 36.2 Å². The number of cyclic esters (lactones) is 1. The fourth-order valence-electron chi connectivity index (χ4n) is 8.78. The van der Waals surface area contributed by atoms with E-state index in [9.17, 15) is 37.5 Å². The molecule has 3 aliphatic rings. The number of carbonyl (C=O) groups is 4. The summed E-state index contributed by atoms with van der Waals surface area (Å²) >= 11 is 0. The highest BCUT2D eigenvalue weighted by atomic mass is 19.4. The van der Waals surface area contributed by atoms with Crippen LogP contribution < -0.4 is 5.32 Å². The van der Waals surface area contributed by atoms with Crippen LogP contribution in [0.1, 0.15) is 86.0 Å². The number of aliphatic hydroxyl groups is 1. The number of alkyl halides is 3. The van der Waals surface area contributed by atoms with Gasteiger partial charge in [-0.05, 0) is 79.1 Å². The Balaban J connectivity index is 1.54. The highest BCUT2D eigenvalue weighted by molar-refractivity contribution is 6.00. The molecular weight excluding hydrogens is 791 g/mol. The number of likely N-dealkylation sites (N-methyl/N-ethyl adjacent to an activating group) is 1. The lowest BCUT2D eigenvalue weighted by Crippen LogP contribution is -2.60. The van der Waals surface area contributed by atoms with E-state index < -0.39 is 95.1 Å². The van der Waals surface area contributed by atoms with Crippen LogP contribution in [-0.2, 0) is 44.2 Å². The molecule has 0 saturated carbocycles. The first-order chi connectivity index (χ1) is 28.0. The van der Waals surface area contributed by atoms with Crippen molar-refractivity contribution in [2.75, 3.05) is 20.7 Å². The summed E-state index contributed by atoms with van der Waals surface area (Å²) < 4.78 is 76.3. The van der Waals surface area contributed by atoms with Crippen molar-refractivity contribution in [3.63, 3.8) is 0 Å². The van der Waals surface area contributed by atoms with Gasteiger partial charge in [0.15, 0.2) is 17.7 Å². The number of halogens is 3. The molecule has 1 aromatic heterocycles. The molecule has 0 radical (unpaired) electrons. The van der Waals surface area contributed by atoms with Crippen LogP contribution in [0.4, 0.5) is 18.0 Å². The van der Waals surface area contributed by atoms with Gasteiger partial charge in [-0.15, -0.1) is 0 Å². The molecule has 17 heteroatoms. The van der Waals surface area contributed by atoms with Crippen molar-refractivity contribution in [1.29, 1.82) is 0 Å². The molecule has 5 rings (SSSR count). The topological polar surface area (TPSA) is 176 Å². The molecule has 1 amide bonds. The summed E-state index contributed by atoms with van der Waals surface area (Å²) in [7, 11) is 3.63. The van der Waals surface area contributed by atoms with Gasteiger partial charge in [-0.25, -0.2) is 4.79 Å². The molecule has 1 aromatic carbocycles. The Morgan fingerprint density at radius 3 is 2.38 bits per heavy atom. The van der Waals surface area contributed by atoms with Crippen molar-refractivity contribution in [3.8, 4) is 23.1 Å². The van der Waals surface area contributed by atoms with Gasteiger partial charge >= 0.3 is 18.2 Å². The number of aromatic nitrogens is 1. The maximum Gasteiger partial charge on any atom is 0.416 e. The standard InChI is InChI=1S/C43H56F3N3O11/c1-11-32-42(8)36(47-40(54)59-42)24(4)33(50)22(2)21-41(7,55-17-13-16-29-20-30(48-60-29)27-14-12-15-28(19-27)43(44,45)46)37(25(5)34(51)26(6)38(53)57-32)58-39-35(52)31(49(9)10)18-23(3)56-39/h12,14-15,19-20,22-26,31-32,35-37,39,52H,11,17-18,21H2,1-10H3,(H,47,54)/t22-,23-,24-,25+,26-,31+,32+,35-,36-,37-,39+,41+,42-/m1/s1. The van der Waals surface area contributed by atoms with E-state index in [0.717, 1.165) is 12.1 Å². The van der Waals surface area contributed by atoms with E-state index in [-0.39, 0.29) is 54.4 Å². The van der Waals surface area contributed by atoms with Crippen molar-refractivity contribution in [3.05, 3.63) is 41.7 Å². The van der Waals surface area contributed by atoms with Crippen LogP contribution in [0.25, 0.3) is 11.3 Å². The number of ether oxygens (including phenoxy) is 5. The first kappa shape index (κ1) is 46.7. The molecule has 3 aliphatic heterocycles. The number of Topliss-reactive ketones (excluding diaryl/α,β-unsaturated/α-hetero) is 2. The number of carbonyl (C=O) groups excluding carboxylic acids is 4. The van der Waals surface area contributed by atoms with Crippen LogP contribution >= 0.6 is 0 Å². The normalized spacial score (nSPS) is 35.8. The second kappa shape index (κ2) is 18.3. The fraction of sp³-hybridized carbons (Fsp3) is 0.651. The number of benzene rings is 1. The van der Waals surface area contributed by atoms with Gasteiger partial charge in [0.2, 0.25) is 5.76 Å². The van der Waals surface area contributed by atoms with Gasteiger partial charge in [-0.1, -0.05) is 50.9 Å². The summed E-state index contributed by atoms with van der Waals surface area (Å²) in [5, 5.41) is 18.2. The number of hydrogen-bond donors (Lipinski definition) is 2. The number of hydrogen-bond acceptors (Lipinski definition) is 13. The van der Waals surface area contributed by atoms with Gasteiger partial charge < -0.3 is 43.5 Å². The Hall–Kier alpha value is -4.34. The second-order valence-corrected chi connectivity index (χ2v) is 16.9. The quantitative estimate of drug-likeness (QED) is 0.201. The van der Waals surface area contributed by atoms with Crippen LogP contribution in [0.2, 0.25) is 0 Å². The lowest BCUT2D eigenvalue weighted by Gasteiger charge is -2.47. The maximum atomic E-state index is 14.4. The number of esters is 1. The zero-order valence-electron chi connectivity index (χ0n) is 35.6. The molecule has 3 saturated heterocycles. The number of nitrogens with zero attached hydrogens (tertiary/aromatic N) is 2. The van der Waals surface area contributed by atoms with Crippen LogP contribution in [-0.4, -0.2) is 113 Å². The van der Waals surface area contributed by atoms with E-state index >= 15 is 0 Å². The first-order valence-electron chi connectivity index (χ1n) is 20.2. The van der Waals surface area contributed by atoms with E-state index in [1.54, 1.807) is 41.5 Å². The highest BCUT2D eigenvalue weighted by Crippen LogP contribution is 2.40. The van der Waals surface area contributed by atoms with E-state index in [0.29, 0.717) is 6.42 Å². The van der Waals surface area contributed by atoms with E-state index in [2.05, 4.69) is 22.3 Å². The van der Waals surface area contributed by atoms with E-state index in [1.165, 1.54) is 25.1 Å². The van der Waals surface area contributed by atoms with Crippen molar-refractivity contribution < 1.29 is 65.7 Å². The summed E-state index contributed by atoms with van der Waals surface area (Å²) in [4.78, 5) is 57.2. The smallest absolute Gasteiger partial charge is 0.416 e. The minimum absolute atomic E-state index is 0.0277. The Bertz CT molecular complexity index is 1960. The third-order valence-corrected chi connectivity index (χ3v) is 12.1. The Labute approximate surface area is 348 Å². The van der Waals surface area contributed by atoms with Gasteiger partial charge in [-0.2, -0.15) is 13.2 Å². The lowest BCUT2D eigenvalue weighted by atomic mass is 9.73. The maximum absolute atomic E-state index is 14.4. The summed E-state index contributed by atoms with van der Waals surface area (Å²) in [6.07, 6.45) is -9.78. The molecule has 60 heavy (non-hydrogen) atoms. The number of rotatable bonds is 7. The minimum atomic E-state index is -4.56. The molecule has 2 aromatic rings. The molecule has 3 fully saturated rings. The van der Waals surface area contributed by atoms with Gasteiger partial charge in [0.25, 0.3) is 0 Å². The lowest BCUT2D eigenvalue weighted by molar-refractivity contribution is -0.296. The van der Waals surface area contributed by atoms with Gasteiger partial charge in [-0.3, -0.25) is 14.4 Å². The Morgan fingerprint density at radius 2 is 1.73 bits per heavy atom. The third kappa shape index (κ3) is 9.89. The Kier molecular flexibility index (Phi) is 14.3. The molecular formula is C43H56F3N3O11. The predicted molar refractivity (Wildman–Crippen MR) is 209 cm³/mol. The first-order valence-corrected chi connectivity index (χ1v) is 20.2. The number of alkyl carbamates (subject to hydrolysis) is 1. The van der Waals surface area contributed by atoms with Crippen LogP contribution in [0.15, 0.2) is 34.9 Å². The summed E-state index contributed by atoms with van der Waals surface area (Å²) in [5.74, 6) is -0.234. The number of nitrogens with one attached hydrogen (secondary N) is 1. The second-order valence-electron chi connectivity index (χ2n) is 16.9. The van der Waals surface area contributed by atoms with E-state index in [1.807, 2.05) is 25.9 Å². The van der Waals surface area contributed by atoms with Crippen molar-refractivity contribution in [2.45, 2.75) is 135 Å². The van der Waals surface area contributed by atoms with Gasteiger partial charge in [0.05, 0.1) is 29.4 Å². The molecule has 4 heterocycles. The average molecular weight is 848 g/mol.